The number of alkyl carbamates (subject to hydrolysis) is 1. The molecule has 1 unspecified atom stereocenters. The number of fused-ring (bicyclic) bond motifs is 1. The molecule has 1 aliphatic carbocycles. The summed E-state index contributed by atoms with van der Waals surface area (Å²) in [5, 5.41) is 26.9. The first-order valence-electron chi connectivity index (χ1n) is 34.3. The summed E-state index contributed by atoms with van der Waals surface area (Å²) in [5.41, 5.74) is -0.249. The van der Waals surface area contributed by atoms with Crippen molar-refractivity contribution in [2.24, 2.45) is 10.2 Å². The van der Waals surface area contributed by atoms with Crippen LogP contribution in [0.1, 0.15) is 87.3 Å². The summed E-state index contributed by atoms with van der Waals surface area (Å²) in [6.45, 7) is 28.6. The van der Waals surface area contributed by atoms with E-state index in [1.807, 2.05) is 33.9 Å². The molecular formula is C62H103F4N12O18P2SSi3+. The molecule has 4 N–H and O–H groups in total. The van der Waals surface area contributed by atoms with E-state index in [-0.39, 0.29) is 82.4 Å². The van der Waals surface area contributed by atoms with Gasteiger partial charge >= 0.3 is 39.2 Å². The lowest BCUT2D eigenvalue weighted by Crippen LogP contribution is -2.53. The first kappa shape index (κ1) is 84.4. The number of aromatic nitrogens is 4. The quantitative estimate of drug-likeness (QED) is 0.0180. The Labute approximate surface area is 601 Å². The number of aliphatic hydroxyl groups excluding tert-OH is 1. The standard InChI is InChI=1S/C56H87F4N11O18P2SSi3.C6H15N/c1-54(2,3)95(12,13)88-45-37(29-72)84-50(69-32-62-43-47(69)63-31-67(48(43)74)19-20-80-33-64-40(73)26-61-52(76)81-21-23-93(6,7)8)46(45)87-91(92,89-55(4,5)39-15-14-18-68(39)51(75)56(58,59)60)83-30-38-44(86-90(78)79)42(57)49(85-38)70-27-34-16-17-35-28-71(65-25-36(66-70)41(34)35)53(77)82-22-24-94(9,10)11;1-4-7(5-2)6-3/h25,27,31-32,37-39,42,44-46,49-50,72H,14-24,26,28-30,33H2,1-13H3,(H2-,61,64,73,76,78,79);4-6H2,1-3H3/p+1/t37-,38-,39-,42-,44-,45-,46-,49-,50-,91-;/m1./s1. The number of halogens is 4. The van der Waals surface area contributed by atoms with Crippen LogP contribution in [0.25, 0.3) is 11.2 Å². The van der Waals surface area contributed by atoms with E-state index in [2.05, 4.69) is 95.8 Å². The largest absolute Gasteiger partial charge is 0.695 e. The Kier molecular flexibility index (Phi) is 29.2. The van der Waals surface area contributed by atoms with Crippen molar-refractivity contribution < 1.29 is 97.5 Å². The summed E-state index contributed by atoms with van der Waals surface area (Å²) in [7, 11) is -9.50. The highest BCUT2D eigenvalue weighted by Crippen LogP contribution is 2.59. The van der Waals surface area contributed by atoms with Crippen LogP contribution in [0.2, 0.25) is 69.5 Å². The molecule has 2 aromatic heterocycles. The Bertz CT molecular complexity index is 3530. The summed E-state index contributed by atoms with van der Waals surface area (Å²) in [6.07, 6.45) is -13.3. The number of aliphatic hydroxyl groups is 1. The molecule has 7 heterocycles. The maximum atomic E-state index is 17.3. The van der Waals surface area contributed by atoms with Crippen LogP contribution in [0, 0.1) is 0 Å². The van der Waals surface area contributed by atoms with Gasteiger partial charge in [-0.2, -0.15) is 28.4 Å². The molecule has 5 aliphatic heterocycles. The Morgan fingerprint density at radius 1 is 0.873 bits per heavy atom. The number of allylic oxidation sites excluding steroid dienone is 2. The number of likely N-dealkylation sites (tertiary alicyclic amines) is 1. The van der Waals surface area contributed by atoms with E-state index in [0.717, 1.165) is 17.7 Å². The predicted molar refractivity (Wildman–Crippen MR) is 382 cm³/mol. The van der Waals surface area contributed by atoms with Gasteiger partial charge in [-0.3, -0.25) is 28.0 Å². The molecule has 574 valence electrons. The summed E-state index contributed by atoms with van der Waals surface area (Å²) < 4.78 is 137. The van der Waals surface area contributed by atoms with Crippen LogP contribution in [0.5, 0.6) is 0 Å². The van der Waals surface area contributed by atoms with Gasteiger partial charge in [-0.1, -0.05) is 80.8 Å². The van der Waals surface area contributed by atoms with Crippen molar-refractivity contribution in [1.82, 2.24) is 49.6 Å². The van der Waals surface area contributed by atoms with Crippen molar-refractivity contribution in [1.29, 1.82) is 0 Å². The molecule has 40 heteroatoms. The zero-order valence-electron chi connectivity index (χ0n) is 61.2. The highest BCUT2D eigenvalue weighted by Gasteiger charge is 2.58. The lowest BCUT2D eigenvalue weighted by atomic mass is 9.96. The number of hydrogen-bond acceptors (Lipinski definition) is 24. The molecule has 0 radical (unpaired) electrons. The van der Waals surface area contributed by atoms with Crippen LogP contribution in [0.3, 0.4) is 0 Å². The number of ether oxygens (including phenoxy) is 5. The zero-order chi connectivity index (χ0) is 75.7. The number of nitrogens with zero attached hydrogens (tertiary/aromatic N) is 10. The molecule has 8 rings (SSSR count). The summed E-state index contributed by atoms with van der Waals surface area (Å²) in [4.78, 5) is 87.1. The van der Waals surface area contributed by atoms with Gasteiger partial charge < -0.3 is 62.7 Å². The smallest absolute Gasteiger partial charge is 0.450 e. The number of nitrogens with one attached hydrogen (secondary N) is 2. The number of alkyl halides is 4. The number of hydrogen-bond donors (Lipinski definition) is 4. The highest BCUT2D eigenvalue weighted by atomic mass is 32.5. The molecule has 6 aliphatic rings. The van der Waals surface area contributed by atoms with Crippen LogP contribution in [-0.4, -0.2) is 249 Å². The lowest BCUT2D eigenvalue weighted by Gasteiger charge is -2.43. The van der Waals surface area contributed by atoms with E-state index < -0.39 is 154 Å². The van der Waals surface area contributed by atoms with Gasteiger partial charge in [0.25, 0.3) is 5.56 Å². The zero-order valence-corrected chi connectivity index (χ0v) is 66.8. The van der Waals surface area contributed by atoms with Gasteiger partial charge in [0, 0.05) is 39.0 Å². The van der Waals surface area contributed by atoms with Crippen LogP contribution in [0.15, 0.2) is 50.6 Å². The topological polar surface area (TPSA) is 333 Å². The molecule has 0 saturated carbocycles. The SMILES string of the molecule is CC(C)(O[P@@](=S)(OC[C@H]1O[C@@H](N2C=C3CCC4=C3C(=N2)C=NN(C(=O)OCC[Si](C)(C)C)C4)[C@H](F)[C@@H]1O[P+](=O)O)O[C@@H]1[C@H](O[Si](C)(C)C(C)(C)C)[C@@H](CO)O[C@H]1n1cnc2c(=O)n(CCOCNC(=O)CNC(=O)OCC[Si](C)(C)C)cnc21)[C@H]1CCCN1C(=O)C(F)(F)F.CCN(CC)CC. The Morgan fingerprint density at radius 2 is 1.53 bits per heavy atom. The third-order valence-electron chi connectivity index (χ3n) is 18.6. The molecule has 2 aromatic rings. The maximum Gasteiger partial charge on any atom is 0.695 e. The minimum absolute atomic E-state index is 0.000321. The van der Waals surface area contributed by atoms with Crippen LogP contribution in [-0.2, 0) is 78.7 Å². The fourth-order valence-electron chi connectivity index (χ4n) is 11.8. The molecule has 0 aromatic carbocycles. The van der Waals surface area contributed by atoms with E-state index in [9.17, 15) is 51.7 Å². The average Bonchev–Trinajstić information content (AvgIpc) is 1.59. The summed E-state index contributed by atoms with van der Waals surface area (Å²) >= 11 is 6.32. The maximum absolute atomic E-state index is 17.3. The van der Waals surface area contributed by atoms with E-state index in [0.29, 0.717) is 28.9 Å². The van der Waals surface area contributed by atoms with Gasteiger partial charge in [-0.05, 0) is 112 Å². The Hall–Kier alpha value is -4.87. The molecule has 4 amide bonds. The fourth-order valence-corrected chi connectivity index (χ4v) is 17.7. The van der Waals surface area contributed by atoms with Crippen molar-refractivity contribution in [2.45, 2.75) is 224 Å². The molecule has 3 saturated heterocycles. The molecule has 0 spiro atoms. The lowest BCUT2D eigenvalue weighted by molar-refractivity contribution is -0.189. The molecule has 102 heavy (non-hydrogen) atoms. The van der Waals surface area contributed by atoms with E-state index in [1.165, 1.54) is 71.5 Å². The second kappa shape index (κ2) is 35.2. The van der Waals surface area contributed by atoms with Crippen molar-refractivity contribution in [3.8, 4) is 0 Å². The second-order valence-electron chi connectivity index (χ2n) is 29.9. The van der Waals surface area contributed by atoms with E-state index in [4.69, 9.17) is 58.0 Å². The number of carbonyl (C=O) groups is 4. The minimum Gasteiger partial charge on any atom is -0.450 e. The minimum atomic E-state index is -5.28. The van der Waals surface area contributed by atoms with Crippen molar-refractivity contribution in [3.05, 3.63) is 45.9 Å². The fraction of sp³-hybridized carbons (Fsp3) is 0.758. The third kappa shape index (κ3) is 22.1. The number of rotatable bonds is 31. The van der Waals surface area contributed by atoms with Gasteiger partial charge in [-0.15, -0.1) is 9.42 Å². The average molecular weight is 1560 g/mol. The van der Waals surface area contributed by atoms with E-state index in [1.54, 1.807) is 6.20 Å². The molecular weight excluding hydrogens is 1460 g/mol. The first-order chi connectivity index (χ1) is 47.5. The number of hydrazone groups is 2. The Morgan fingerprint density at radius 3 is 2.14 bits per heavy atom. The van der Waals surface area contributed by atoms with Gasteiger partial charge in [0.15, 0.2) is 44.2 Å². The van der Waals surface area contributed by atoms with Crippen LogP contribution in [0.4, 0.5) is 27.2 Å². The molecule has 3 fully saturated rings. The molecule has 30 nitrogen and oxygen atoms in total. The Balaban J connectivity index is 0.00000198. The van der Waals surface area contributed by atoms with Crippen molar-refractivity contribution in [3.63, 3.8) is 0 Å². The highest BCUT2D eigenvalue weighted by molar-refractivity contribution is 8.07. The third-order valence-corrected chi connectivity index (χ3v) is 29.3. The van der Waals surface area contributed by atoms with E-state index >= 15 is 4.39 Å². The number of imidazole rings is 1. The van der Waals surface area contributed by atoms with Gasteiger partial charge in [0.2, 0.25) is 5.91 Å². The second-order valence-corrected chi connectivity index (χ2v) is 49.5. The normalized spacial score (nSPS) is 24.1. The monoisotopic (exact) mass is 1560 g/mol. The van der Waals surface area contributed by atoms with Gasteiger partial charge in [-0.25, -0.2) is 29.0 Å². The van der Waals surface area contributed by atoms with Gasteiger partial charge in [0.1, 0.15) is 49.7 Å². The number of carbonyl (C=O) groups excluding carboxylic acids is 4. The summed E-state index contributed by atoms with van der Waals surface area (Å²) in [6, 6.07) is 0.193. The first-order valence-corrected chi connectivity index (χ1v) is 48.3. The van der Waals surface area contributed by atoms with Crippen molar-refractivity contribution in [2.75, 3.05) is 79.0 Å². The molecule has 11 atom stereocenters. The van der Waals surface area contributed by atoms with Crippen molar-refractivity contribution >= 4 is 98.3 Å². The van der Waals surface area contributed by atoms with Crippen LogP contribution < -0.4 is 16.2 Å². The van der Waals surface area contributed by atoms with Crippen LogP contribution >= 0.6 is 15.0 Å². The molecule has 0 bridgehead atoms. The predicted octanol–water partition coefficient (Wildman–Crippen LogP) is 8.87. The summed E-state index contributed by atoms with van der Waals surface area (Å²) in [5.74, 6) is -2.69. The van der Waals surface area contributed by atoms with Gasteiger partial charge in [0.05, 0.1) is 70.3 Å². The number of amides is 4.